The second-order valence-electron chi connectivity index (χ2n) is 9.15. The van der Waals surface area contributed by atoms with Crippen molar-refractivity contribution in [3.63, 3.8) is 0 Å². The van der Waals surface area contributed by atoms with E-state index in [1.165, 1.54) is 12.1 Å². The summed E-state index contributed by atoms with van der Waals surface area (Å²) >= 11 is 0. The van der Waals surface area contributed by atoms with Gasteiger partial charge in [0.05, 0.1) is 28.6 Å². The molecule has 34 heavy (non-hydrogen) atoms. The average Bonchev–Trinajstić information content (AvgIpc) is 3.13. The zero-order chi connectivity index (χ0) is 23.6. The van der Waals surface area contributed by atoms with Crippen LogP contribution in [0.15, 0.2) is 48.7 Å². The first-order chi connectivity index (χ1) is 16.4. The molecular formula is C26H23F2N5O. The molecule has 2 aromatic carbocycles. The molecule has 1 saturated heterocycles. The van der Waals surface area contributed by atoms with E-state index in [4.69, 9.17) is 10.8 Å². The maximum absolute atomic E-state index is 14.0. The number of anilines is 1. The summed E-state index contributed by atoms with van der Waals surface area (Å²) < 4.78 is 29.6. The molecule has 2 atom stereocenters. The summed E-state index contributed by atoms with van der Waals surface area (Å²) in [5.41, 5.74) is 10.8. The Morgan fingerprint density at radius 3 is 2.71 bits per heavy atom. The number of amides is 1. The van der Waals surface area contributed by atoms with E-state index in [2.05, 4.69) is 4.98 Å². The van der Waals surface area contributed by atoms with Crippen LogP contribution in [0.5, 0.6) is 0 Å². The van der Waals surface area contributed by atoms with E-state index >= 15 is 0 Å². The number of pyridine rings is 1. The van der Waals surface area contributed by atoms with E-state index < -0.39 is 11.6 Å². The SMILES string of the molecule is Cn1nc2c(c1-c1cc(F)cc(F)c1)C[C@H]1CCC[C@@H]2N1C(=O)c1cc(N)c2ncccc2c1. The molecule has 0 saturated carbocycles. The number of rotatable bonds is 2. The minimum atomic E-state index is -0.624. The van der Waals surface area contributed by atoms with Crippen molar-refractivity contribution >= 4 is 22.5 Å². The molecular weight excluding hydrogens is 436 g/mol. The number of carbonyl (C=O) groups excluding carboxylic acids is 1. The minimum absolute atomic E-state index is 0.0223. The van der Waals surface area contributed by atoms with Gasteiger partial charge in [-0.3, -0.25) is 14.5 Å². The second-order valence-corrected chi connectivity index (χ2v) is 9.15. The van der Waals surface area contributed by atoms with E-state index in [0.29, 0.717) is 34.4 Å². The number of aromatic nitrogens is 3. The number of carbonyl (C=O) groups is 1. The Balaban J connectivity index is 1.44. The van der Waals surface area contributed by atoms with Gasteiger partial charge in [-0.1, -0.05) is 6.07 Å². The summed E-state index contributed by atoms with van der Waals surface area (Å²) in [6.45, 7) is 0. The Hall–Kier alpha value is -3.81. The van der Waals surface area contributed by atoms with Gasteiger partial charge >= 0.3 is 0 Å². The van der Waals surface area contributed by atoms with Crippen molar-refractivity contribution in [2.45, 2.75) is 37.8 Å². The van der Waals surface area contributed by atoms with E-state index in [0.717, 1.165) is 42.0 Å². The fraction of sp³-hybridized carbons (Fsp3) is 0.269. The largest absolute Gasteiger partial charge is 0.397 e. The Morgan fingerprint density at radius 1 is 1.12 bits per heavy atom. The molecule has 0 aliphatic carbocycles. The van der Waals surface area contributed by atoms with Crippen molar-refractivity contribution in [2.24, 2.45) is 7.05 Å². The van der Waals surface area contributed by atoms with Crippen LogP contribution in [0.3, 0.4) is 0 Å². The van der Waals surface area contributed by atoms with Crippen LogP contribution in [0.1, 0.15) is 46.9 Å². The van der Waals surface area contributed by atoms with Crippen LogP contribution in [0.2, 0.25) is 0 Å². The normalized spacial score (nSPS) is 19.3. The number of fused-ring (bicyclic) bond motifs is 5. The third-order valence-corrected chi connectivity index (χ3v) is 7.03. The third-order valence-electron chi connectivity index (χ3n) is 7.03. The summed E-state index contributed by atoms with van der Waals surface area (Å²) in [7, 11) is 1.78. The first-order valence-electron chi connectivity index (χ1n) is 11.4. The van der Waals surface area contributed by atoms with Crippen molar-refractivity contribution in [1.82, 2.24) is 19.7 Å². The lowest BCUT2D eigenvalue weighted by atomic mass is 9.81. The Kier molecular flexibility index (Phi) is 4.65. The van der Waals surface area contributed by atoms with Gasteiger partial charge in [0.15, 0.2) is 0 Å². The standard InChI is InChI=1S/C26H23F2N5O/c1-32-25(15-9-17(27)12-18(28)10-15)20-13-19-5-2-6-22(24(20)31-32)33(19)26(34)16-8-14-4-3-7-30-23(14)21(29)11-16/h3-4,7-12,19,22H,2,5-6,13,29H2,1H3/t19-,22+/m1/s1. The van der Waals surface area contributed by atoms with Crippen molar-refractivity contribution in [3.05, 3.63) is 77.1 Å². The number of piperidine rings is 1. The number of hydrogen-bond donors (Lipinski definition) is 1. The lowest BCUT2D eigenvalue weighted by molar-refractivity contribution is 0.0392. The number of nitrogens with two attached hydrogens (primary N) is 1. The molecule has 1 fully saturated rings. The van der Waals surface area contributed by atoms with E-state index in [-0.39, 0.29) is 18.0 Å². The lowest BCUT2D eigenvalue weighted by Gasteiger charge is -2.45. The van der Waals surface area contributed by atoms with Gasteiger partial charge in [0.2, 0.25) is 0 Å². The molecule has 8 heteroatoms. The zero-order valence-corrected chi connectivity index (χ0v) is 18.6. The van der Waals surface area contributed by atoms with Gasteiger partial charge < -0.3 is 10.6 Å². The van der Waals surface area contributed by atoms with Gasteiger partial charge in [0.1, 0.15) is 11.6 Å². The van der Waals surface area contributed by atoms with Crippen molar-refractivity contribution in [1.29, 1.82) is 0 Å². The first kappa shape index (κ1) is 20.8. The van der Waals surface area contributed by atoms with Gasteiger partial charge in [-0.05, 0) is 56.0 Å². The number of halogens is 2. The summed E-state index contributed by atoms with van der Waals surface area (Å²) in [6.07, 6.45) is 4.90. The Labute approximate surface area is 195 Å². The predicted octanol–water partition coefficient (Wildman–Crippen LogP) is 4.79. The predicted molar refractivity (Wildman–Crippen MR) is 125 cm³/mol. The Morgan fingerprint density at radius 2 is 1.91 bits per heavy atom. The van der Waals surface area contributed by atoms with Crippen LogP contribution in [0.4, 0.5) is 14.5 Å². The van der Waals surface area contributed by atoms with E-state index in [9.17, 15) is 13.6 Å². The van der Waals surface area contributed by atoms with Gasteiger partial charge in [0, 0.05) is 47.4 Å². The van der Waals surface area contributed by atoms with Crippen LogP contribution in [-0.2, 0) is 13.5 Å². The number of hydrogen-bond acceptors (Lipinski definition) is 4. The quantitative estimate of drug-likeness (QED) is 0.438. The van der Waals surface area contributed by atoms with Crippen molar-refractivity contribution in [3.8, 4) is 11.3 Å². The van der Waals surface area contributed by atoms with Crippen LogP contribution in [0.25, 0.3) is 22.2 Å². The van der Waals surface area contributed by atoms with Gasteiger partial charge in [-0.25, -0.2) is 8.78 Å². The molecule has 2 N–H and O–H groups in total. The van der Waals surface area contributed by atoms with Gasteiger partial charge in [-0.15, -0.1) is 0 Å². The second kappa shape index (κ2) is 7.62. The van der Waals surface area contributed by atoms with E-state index in [1.807, 2.05) is 23.1 Å². The molecule has 1 amide bonds. The molecule has 0 radical (unpaired) electrons. The molecule has 6 nitrogen and oxygen atoms in total. The highest BCUT2D eigenvalue weighted by molar-refractivity contribution is 6.02. The molecule has 4 heterocycles. The highest BCUT2D eigenvalue weighted by Gasteiger charge is 2.43. The topological polar surface area (TPSA) is 77.0 Å². The Bertz CT molecular complexity index is 1440. The molecule has 2 aliphatic rings. The van der Waals surface area contributed by atoms with Crippen LogP contribution >= 0.6 is 0 Å². The lowest BCUT2D eigenvalue weighted by Crippen LogP contribution is -2.49. The molecule has 0 unspecified atom stereocenters. The summed E-state index contributed by atoms with van der Waals surface area (Å²) in [6, 6.07) is 10.6. The number of benzene rings is 2. The molecule has 0 spiro atoms. The van der Waals surface area contributed by atoms with E-state index in [1.54, 1.807) is 24.0 Å². The monoisotopic (exact) mass is 459 g/mol. The summed E-state index contributed by atoms with van der Waals surface area (Å²) in [4.78, 5) is 20.0. The highest BCUT2D eigenvalue weighted by atomic mass is 19.1. The van der Waals surface area contributed by atoms with Crippen LogP contribution in [0, 0.1) is 11.6 Å². The van der Waals surface area contributed by atoms with Gasteiger partial charge in [-0.2, -0.15) is 5.10 Å². The number of aryl methyl sites for hydroxylation is 1. The average molecular weight is 460 g/mol. The zero-order valence-electron chi connectivity index (χ0n) is 18.6. The third kappa shape index (κ3) is 3.16. The molecule has 4 aromatic rings. The fourth-order valence-corrected chi connectivity index (χ4v) is 5.69. The molecule has 2 aromatic heterocycles. The first-order valence-corrected chi connectivity index (χ1v) is 11.4. The van der Waals surface area contributed by atoms with Crippen molar-refractivity contribution in [2.75, 3.05) is 5.73 Å². The molecule has 2 aliphatic heterocycles. The highest BCUT2D eigenvalue weighted by Crippen LogP contribution is 2.45. The van der Waals surface area contributed by atoms with Gasteiger partial charge in [0.25, 0.3) is 5.91 Å². The minimum Gasteiger partial charge on any atom is -0.397 e. The fourth-order valence-electron chi connectivity index (χ4n) is 5.69. The summed E-state index contributed by atoms with van der Waals surface area (Å²) in [5.74, 6) is -1.33. The number of nitrogens with zero attached hydrogens (tertiary/aromatic N) is 4. The van der Waals surface area contributed by atoms with Crippen molar-refractivity contribution < 1.29 is 13.6 Å². The molecule has 2 bridgehead atoms. The van der Waals surface area contributed by atoms with Crippen LogP contribution < -0.4 is 5.73 Å². The molecule has 6 rings (SSSR count). The van der Waals surface area contributed by atoms with Crippen LogP contribution in [-0.4, -0.2) is 31.6 Å². The summed E-state index contributed by atoms with van der Waals surface area (Å²) in [5, 5.41) is 5.57. The molecule has 172 valence electrons. The maximum Gasteiger partial charge on any atom is 0.254 e. The number of nitrogen functional groups attached to an aromatic ring is 1. The maximum atomic E-state index is 14.0. The smallest absolute Gasteiger partial charge is 0.254 e.